The van der Waals surface area contributed by atoms with Crippen molar-refractivity contribution in [1.82, 2.24) is 5.16 Å². The van der Waals surface area contributed by atoms with Gasteiger partial charge in [0.2, 0.25) is 0 Å². The molecule has 0 radical (unpaired) electrons. The molecule has 0 aromatic carbocycles. The summed E-state index contributed by atoms with van der Waals surface area (Å²) in [5.74, 6) is 1.24. The van der Waals surface area contributed by atoms with Gasteiger partial charge >= 0.3 is 0 Å². The SMILES string of the molecule is C=C/C(=C\C=C(/C)OC)COc1cc(/C(=N/F)SC)on1. The Morgan fingerprint density at radius 1 is 1.57 bits per heavy atom. The minimum atomic E-state index is 0.107. The molecule has 0 N–H and O–H groups in total. The van der Waals surface area contributed by atoms with Crippen LogP contribution in [0.2, 0.25) is 0 Å². The summed E-state index contributed by atoms with van der Waals surface area (Å²) in [6, 6.07) is 1.48. The molecule has 1 heterocycles. The average Bonchev–Trinajstić information content (AvgIpc) is 2.97. The number of nitrogens with zero attached hydrogens (tertiary/aromatic N) is 2. The number of rotatable bonds is 7. The highest BCUT2D eigenvalue weighted by Gasteiger charge is 2.11. The predicted octanol–water partition coefficient (Wildman–Crippen LogP) is 3.71. The van der Waals surface area contributed by atoms with Crippen LogP contribution in [0, 0.1) is 0 Å². The first-order chi connectivity index (χ1) is 10.1. The minimum absolute atomic E-state index is 0.107. The van der Waals surface area contributed by atoms with Crippen LogP contribution in [0.1, 0.15) is 12.7 Å². The van der Waals surface area contributed by atoms with Crippen LogP contribution < -0.4 is 4.74 Å². The van der Waals surface area contributed by atoms with E-state index in [0.29, 0.717) is 0 Å². The van der Waals surface area contributed by atoms with Gasteiger partial charge in [-0.15, -0.1) is 11.8 Å². The van der Waals surface area contributed by atoms with Gasteiger partial charge in [0.25, 0.3) is 5.88 Å². The lowest BCUT2D eigenvalue weighted by Crippen LogP contribution is -1.99. The molecule has 0 spiro atoms. The molecule has 114 valence electrons. The lowest BCUT2D eigenvalue weighted by atomic mass is 10.2. The first-order valence-electron chi connectivity index (χ1n) is 6.01. The van der Waals surface area contributed by atoms with Crippen LogP contribution >= 0.6 is 11.8 Å². The van der Waals surface area contributed by atoms with E-state index in [4.69, 9.17) is 14.0 Å². The highest BCUT2D eigenvalue weighted by molar-refractivity contribution is 8.13. The summed E-state index contributed by atoms with van der Waals surface area (Å²) in [7, 11) is 1.59. The van der Waals surface area contributed by atoms with Gasteiger partial charge in [-0.25, -0.2) is 0 Å². The van der Waals surface area contributed by atoms with Gasteiger partial charge < -0.3 is 14.0 Å². The molecule has 0 unspecified atom stereocenters. The second-order valence-corrected chi connectivity index (χ2v) is 4.63. The number of halogens is 1. The van der Waals surface area contributed by atoms with E-state index in [1.54, 1.807) is 25.5 Å². The highest BCUT2D eigenvalue weighted by Crippen LogP contribution is 2.18. The monoisotopic (exact) mass is 312 g/mol. The van der Waals surface area contributed by atoms with Gasteiger partial charge in [-0.2, -0.15) is 0 Å². The smallest absolute Gasteiger partial charge is 0.255 e. The van der Waals surface area contributed by atoms with E-state index in [-0.39, 0.29) is 23.3 Å². The Balaban J connectivity index is 2.68. The van der Waals surface area contributed by atoms with Crippen LogP contribution in [0.5, 0.6) is 5.88 Å². The number of methoxy groups -OCH3 is 1. The quantitative estimate of drug-likeness (QED) is 0.332. The predicted molar refractivity (Wildman–Crippen MR) is 82.2 cm³/mol. The zero-order valence-electron chi connectivity index (χ0n) is 12.1. The summed E-state index contributed by atoms with van der Waals surface area (Å²) in [6.45, 7) is 5.79. The topological polar surface area (TPSA) is 56.9 Å². The molecular weight excluding hydrogens is 295 g/mol. The molecule has 7 heteroatoms. The van der Waals surface area contributed by atoms with E-state index >= 15 is 0 Å². The maximum atomic E-state index is 12.3. The molecule has 5 nitrogen and oxygen atoms in total. The third-order valence-corrected chi connectivity index (χ3v) is 3.13. The van der Waals surface area contributed by atoms with Crippen LogP contribution in [0.25, 0.3) is 0 Å². The second kappa shape index (κ2) is 9.02. The maximum absolute atomic E-state index is 12.3. The van der Waals surface area contributed by atoms with Gasteiger partial charge in [-0.3, -0.25) is 0 Å². The third-order valence-electron chi connectivity index (χ3n) is 2.47. The summed E-state index contributed by atoms with van der Waals surface area (Å²) < 4.78 is 27.7. The Hall–Kier alpha value is -2.02. The van der Waals surface area contributed by atoms with E-state index in [2.05, 4.69) is 17.0 Å². The molecule has 0 atom stereocenters. The van der Waals surface area contributed by atoms with Crippen molar-refractivity contribution < 1.29 is 18.5 Å². The third kappa shape index (κ3) is 5.47. The molecule has 1 aromatic heterocycles. The molecule has 0 aliphatic rings. The molecule has 0 aliphatic heterocycles. The molecular formula is C14H17FN2O3S. The zero-order valence-corrected chi connectivity index (χ0v) is 12.9. The molecule has 1 rings (SSSR count). The van der Waals surface area contributed by atoms with Crippen molar-refractivity contribution in [3.8, 4) is 5.88 Å². The summed E-state index contributed by atoms with van der Waals surface area (Å²) in [5, 5.41) is 6.40. The van der Waals surface area contributed by atoms with Gasteiger partial charge in [0.1, 0.15) is 6.61 Å². The Labute approximate surface area is 127 Å². The van der Waals surface area contributed by atoms with Crippen molar-refractivity contribution in [2.75, 3.05) is 20.0 Å². The van der Waals surface area contributed by atoms with E-state index in [9.17, 15) is 4.48 Å². The Morgan fingerprint density at radius 3 is 2.90 bits per heavy atom. The van der Waals surface area contributed by atoms with Crippen LogP contribution in [-0.4, -0.2) is 30.2 Å². The lowest BCUT2D eigenvalue weighted by molar-refractivity contribution is 0.293. The molecule has 0 bridgehead atoms. The standard InChI is InChI=1S/C14H17FN2O3S/c1-5-11(7-6-10(2)18-3)9-19-13-8-12(20-17-13)14(16-15)21-4/h5-8H,1,9H2,2-4H3/b10-6+,11-7+,16-14-. The van der Waals surface area contributed by atoms with Crippen LogP contribution in [0.3, 0.4) is 0 Å². The van der Waals surface area contributed by atoms with Crippen LogP contribution in [0.15, 0.2) is 51.9 Å². The number of allylic oxidation sites excluding steroid dienone is 3. The highest BCUT2D eigenvalue weighted by atomic mass is 32.2. The Kier molecular flexibility index (Phi) is 7.31. The fourth-order valence-corrected chi connectivity index (χ4v) is 1.60. The second-order valence-electron chi connectivity index (χ2n) is 3.84. The molecule has 0 fully saturated rings. The molecule has 0 saturated carbocycles. The van der Waals surface area contributed by atoms with Crippen molar-refractivity contribution in [3.63, 3.8) is 0 Å². The van der Waals surface area contributed by atoms with Gasteiger partial charge in [-0.1, -0.05) is 28.4 Å². The molecule has 0 amide bonds. The summed E-state index contributed by atoms with van der Waals surface area (Å²) in [6.07, 6.45) is 6.97. The Bertz CT molecular complexity index is 564. The fourth-order valence-electron chi connectivity index (χ4n) is 1.23. The van der Waals surface area contributed by atoms with Gasteiger partial charge in [0.15, 0.2) is 10.8 Å². The number of thioether (sulfide) groups is 1. The fraction of sp³-hybridized carbons (Fsp3) is 0.286. The van der Waals surface area contributed by atoms with E-state index in [0.717, 1.165) is 23.1 Å². The van der Waals surface area contributed by atoms with E-state index in [1.807, 2.05) is 13.0 Å². The van der Waals surface area contributed by atoms with Crippen molar-refractivity contribution in [3.05, 3.63) is 48.0 Å². The van der Waals surface area contributed by atoms with E-state index < -0.39 is 0 Å². The number of aromatic nitrogens is 1. The normalized spacial score (nSPS) is 13.2. The molecule has 21 heavy (non-hydrogen) atoms. The first-order valence-corrected chi connectivity index (χ1v) is 7.23. The maximum Gasteiger partial charge on any atom is 0.255 e. The summed E-state index contributed by atoms with van der Waals surface area (Å²) in [4.78, 5) is 0. The summed E-state index contributed by atoms with van der Waals surface area (Å²) >= 11 is 1.12. The number of hydrogen-bond donors (Lipinski definition) is 0. The number of ether oxygens (including phenoxy) is 2. The van der Waals surface area contributed by atoms with Crippen molar-refractivity contribution in [1.29, 1.82) is 0 Å². The zero-order chi connectivity index (χ0) is 15.7. The van der Waals surface area contributed by atoms with Crippen LogP contribution in [-0.2, 0) is 4.74 Å². The minimum Gasteiger partial charge on any atom is -0.501 e. The van der Waals surface area contributed by atoms with Crippen molar-refractivity contribution in [2.45, 2.75) is 6.92 Å². The first kappa shape index (κ1) is 17.0. The van der Waals surface area contributed by atoms with Crippen molar-refractivity contribution in [2.24, 2.45) is 5.21 Å². The lowest BCUT2D eigenvalue weighted by Gasteiger charge is -2.02. The van der Waals surface area contributed by atoms with E-state index in [1.165, 1.54) is 6.07 Å². The van der Waals surface area contributed by atoms with Crippen molar-refractivity contribution >= 4 is 16.8 Å². The average molecular weight is 312 g/mol. The number of hydrogen-bond acceptors (Lipinski definition) is 6. The largest absolute Gasteiger partial charge is 0.501 e. The van der Waals surface area contributed by atoms with Gasteiger partial charge in [0, 0.05) is 0 Å². The molecule has 0 saturated heterocycles. The molecule has 0 aliphatic carbocycles. The summed E-state index contributed by atoms with van der Waals surface area (Å²) in [5.41, 5.74) is 0.834. The van der Waals surface area contributed by atoms with Gasteiger partial charge in [0.05, 0.1) is 18.9 Å². The van der Waals surface area contributed by atoms with Gasteiger partial charge in [-0.05, 0) is 30.0 Å². The molecule has 1 aromatic rings. The van der Waals surface area contributed by atoms with Crippen LogP contribution in [0.4, 0.5) is 4.48 Å². The Morgan fingerprint density at radius 2 is 2.33 bits per heavy atom.